The molecule has 0 bridgehead atoms. The first kappa shape index (κ1) is 21.2. The number of nitrogens with zero attached hydrogens (tertiary/aromatic N) is 2. The molecule has 0 spiro atoms. The van der Waals surface area contributed by atoms with Crippen molar-refractivity contribution in [2.24, 2.45) is 0 Å². The SMILES string of the molecule is COc1cc(Cl)c(C)cc1NC(=O)CN1C(=O)C2CCCCN2C(=O)c2ccccc21. The molecule has 8 heteroatoms. The number of carbonyl (C=O) groups excluding carboxylic acids is 3. The molecule has 7 nitrogen and oxygen atoms in total. The van der Waals surface area contributed by atoms with Crippen LogP contribution < -0.4 is 15.0 Å². The maximum absolute atomic E-state index is 13.4. The maximum atomic E-state index is 13.4. The van der Waals surface area contributed by atoms with Crippen molar-refractivity contribution < 1.29 is 19.1 Å². The topological polar surface area (TPSA) is 79.0 Å². The highest BCUT2D eigenvalue weighted by Crippen LogP contribution is 2.33. The van der Waals surface area contributed by atoms with Gasteiger partial charge in [0, 0.05) is 17.6 Å². The minimum absolute atomic E-state index is 0.161. The molecule has 1 fully saturated rings. The van der Waals surface area contributed by atoms with Crippen LogP contribution in [-0.2, 0) is 9.59 Å². The van der Waals surface area contributed by atoms with Crippen LogP contribution in [0.4, 0.5) is 11.4 Å². The molecule has 2 aromatic rings. The standard InChI is InChI=1S/C23H24ClN3O4/c1-14-11-17(20(31-2)12-16(14)24)25-21(28)13-27-18-8-4-3-7-15(18)22(29)26-10-6-5-9-19(26)23(27)30/h3-4,7-8,11-12,19H,5-6,9-10,13H2,1-2H3,(H,25,28). The van der Waals surface area contributed by atoms with Gasteiger partial charge in [0.05, 0.1) is 24.0 Å². The number of hydrogen-bond donors (Lipinski definition) is 1. The highest BCUT2D eigenvalue weighted by Gasteiger charge is 2.41. The van der Waals surface area contributed by atoms with Crippen LogP contribution in [0.5, 0.6) is 5.75 Å². The van der Waals surface area contributed by atoms with Crippen molar-refractivity contribution in [2.45, 2.75) is 32.2 Å². The molecule has 1 N–H and O–H groups in total. The van der Waals surface area contributed by atoms with Crippen LogP contribution >= 0.6 is 11.6 Å². The number of methoxy groups -OCH3 is 1. The molecule has 2 aliphatic heterocycles. The van der Waals surface area contributed by atoms with E-state index in [-0.39, 0.29) is 24.3 Å². The number of nitrogens with one attached hydrogen (secondary N) is 1. The molecule has 1 saturated heterocycles. The molecule has 4 rings (SSSR count). The Hall–Kier alpha value is -3.06. The number of carbonyl (C=O) groups is 3. The zero-order chi connectivity index (χ0) is 22.1. The summed E-state index contributed by atoms with van der Waals surface area (Å²) in [5.41, 5.74) is 2.16. The normalized spacial score (nSPS) is 18.2. The quantitative estimate of drug-likeness (QED) is 0.785. The number of fused-ring (bicyclic) bond motifs is 2. The van der Waals surface area contributed by atoms with Gasteiger partial charge in [0.15, 0.2) is 0 Å². The fourth-order valence-electron chi connectivity index (χ4n) is 4.20. The Morgan fingerprint density at radius 1 is 1.23 bits per heavy atom. The third-order valence-corrected chi connectivity index (χ3v) is 6.20. The Morgan fingerprint density at radius 3 is 2.77 bits per heavy atom. The van der Waals surface area contributed by atoms with Gasteiger partial charge in [0.1, 0.15) is 18.3 Å². The van der Waals surface area contributed by atoms with Gasteiger partial charge in [-0.1, -0.05) is 23.7 Å². The first-order chi connectivity index (χ1) is 14.9. The number of piperidine rings is 1. The van der Waals surface area contributed by atoms with E-state index in [1.165, 1.54) is 12.0 Å². The third kappa shape index (κ3) is 3.97. The lowest BCUT2D eigenvalue weighted by Crippen LogP contribution is -2.52. The third-order valence-electron chi connectivity index (χ3n) is 5.80. The Labute approximate surface area is 185 Å². The molecule has 31 heavy (non-hydrogen) atoms. The second-order valence-corrected chi connectivity index (χ2v) is 8.21. The van der Waals surface area contributed by atoms with Gasteiger partial charge in [-0.2, -0.15) is 0 Å². The van der Waals surface area contributed by atoms with Crippen LogP contribution in [0.2, 0.25) is 5.02 Å². The van der Waals surface area contributed by atoms with E-state index in [9.17, 15) is 14.4 Å². The zero-order valence-corrected chi connectivity index (χ0v) is 18.2. The van der Waals surface area contributed by atoms with Crippen molar-refractivity contribution in [3.63, 3.8) is 0 Å². The smallest absolute Gasteiger partial charge is 0.256 e. The van der Waals surface area contributed by atoms with E-state index in [2.05, 4.69) is 5.32 Å². The van der Waals surface area contributed by atoms with Gasteiger partial charge in [-0.05, 0) is 49.9 Å². The van der Waals surface area contributed by atoms with Crippen molar-refractivity contribution in [2.75, 3.05) is 30.4 Å². The molecule has 1 unspecified atom stereocenters. The minimum atomic E-state index is -0.547. The summed E-state index contributed by atoms with van der Waals surface area (Å²) in [6.07, 6.45) is 2.34. The second-order valence-electron chi connectivity index (χ2n) is 7.80. The molecule has 2 aromatic carbocycles. The first-order valence-electron chi connectivity index (χ1n) is 10.3. The van der Waals surface area contributed by atoms with Crippen LogP contribution in [0.3, 0.4) is 0 Å². The van der Waals surface area contributed by atoms with Crippen molar-refractivity contribution in [3.8, 4) is 5.75 Å². The summed E-state index contributed by atoms with van der Waals surface area (Å²) in [5, 5.41) is 3.35. The predicted octanol–water partition coefficient (Wildman–Crippen LogP) is 3.64. The number of para-hydroxylation sites is 1. The lowest BCUT2D eigenvalue weighted by atomic mass is 10.0. The Balaban J connectivity index is 1.64. The summed E-state index contributed by atoms with van der Waals surface area (Å²) in [6, 6.07) is 9.77. The van der Waals surface area contributed by atoms with Crippen LogP contribution in [0.25, 0.3) is 0 Å². The number of benzene rings is 2. The molecule has 0 radical (unpaired) electrons. The van der Waals surface area contributed by atoms with Gasteiger partial charge < -0.3 is 19.9 Å². The van der Waals surface area contributed by atoms with Crippen LogP contribution in [0, 0.1) is 6.92 Å². The van der Waals surface area contributed by atoms with Gasteiger partial charge in [-0.25, -0.2) is 0 Å². The van der Waals surface area contributed by atoms with Crippen LogP contribution in [-0.4, -0.2) is 48.9 Å². The van der Waals surface area contributed by atoms with E-state index in [0.29, 0.717) is 40.7 Å². The molecule has 3 amide bonds. The number of hydrogen-bond acceptors (Lipinski definition) is 4. The van der Waals surface area contributed by atoms with Crippen molar-refractivity contribution in [1.82, 2.24) is 4.90 Å². The molecule has 0 aliphatic carbocycles. The Morgan fingerprint density at radius 2 is 2.00 bits per heavy atom. The van der Waals surface area contributed by atoms with E-state index in [1.807, 2.05) is 6.92 Å². The van der Waals surface area contributed by atoms with Crippen molar-refractivity contribution in [3.05, 3.63) is 52.5 Å². The predicted molar refractivity (Wildman–Crippen MR) is 119 cm³/mol. The lowest BCUT2D eigenvalue weighted by molar-refractivity contribution is -0.125. The first-order valence-corrected chi connectivity index (χ1v) is 10.6. The van der Waals surface area contributed by atoms with E-state index >= 15 is 0 Å². The maximum Gasteiger partial charge on any atom is 0.256 e. The van der Waals surface area contributed by atoms with Gasteiger partial charge in [-0.3, -0.25) is 14.4 Å². The van der Waals surface area contributed by atoms with Gasteiger partial charge >= 0.3 is 0 Å². The fourth-order valence-corrected chi connectivity index (χ4v) is 4.35. The van der Waals surface area contributed by atoms with Gasteiger partial charge in [0.2, 0.25) is 11.8 Å². The highest BCUT2D eigenvalue weighted by atomic mass is 35.5. The number of anilines is 2. The summed E-state index contributed by atoms with van der Waals surface area (Å²) in [6.45, 7) is 2.17. The summed E-state index contributed by atoms with van der Waals surface area (Å²) in [4.78, 5) is 42.6. The average Bonchev–Trinajstić information content (AvgIpc) is 2.86. The summed E-state index contributed by atoms with van der Waals surface area (Å²) >= 11 is 6.15. The number of ether oxygens (including phenoxy) is 1. The molecule has 162 valence electrons. The van der Waals surface area contributed by atoms with Crippen LogP contribution in [0.1, 0.15) is 35.2 Å². The molecule has 2 heterocycles. The van der Waals surface area contributed by atoms with E-state index in [4.69, 9.17) is 16.3 Å². The number of amides is 3. The molecule has 2 aliphatic rings. The summed E-state index contributed by atoms with van der Waals surface area (Å²) < 4.78 is 5.32. The molecule has 1 atom stereocenters. The van der Waals surface area contributed by atoms with E-state index in [1.54, 1.807) is 41.3 Å². The monoisotopic (exact) mass is 441 g/mol. The largest absolute Gasteiger partial charge is 0.495 e. The summed E-state index contributed by atoms with van der Waals surface area (Å²) in [7, 11) is 1.49. The number of rotatable bonds is 4. The molecular weight excluding hydrogens is 418 g/mol. The van der Waals surface area contributed by atoms with Gasteiger partial charge in [0.25, 0.3) is 5.91 Å². The van der Waals surface area contributed by atoms with E-state index in [0.717, 1.165) is 18.4 Å². The minimum Gasteiger partial charge on any atom is -0.495 e. The van der Waals surface area contributed by atoms with Crippen molar-refractivity contribution >= 4 is 40.7 Å². The average molecular weight is 442 g/mol. The van der Waals surface area contributed by atoms with Crippen molar-refractivity contribution in [1.29, 1.82) is 0 Å². The Bertz CT molecular complexity index is 1060. The zero-order valence-electron chi connectivity index (χ0n) is 17.5. The lowest BCUT2D eigenvalue weighted by Gasteiger charge is -2.34. The summed E-state index contributed by atoms with van der Waals surface area (Å²) in [5.74, 6) is -0.348. The Kier molecular flexibility index (Phi) is 5.87. The van der Waals surface area contributed by atoms with E-state index < -0.39 is 6.04 Å². The second kappa shape index (κ2) is 8.59. The number of halogens is 1. The fraction of sp³-hybridized carbons (Fsp3) is 0.348. The molecule has 0 aromatic heterocycles. The molecule has 0 saturated carbocycles. The van der Waals surface area contributed by atoms with Gasteiger partial charge in [-0.15, -0.1) is 0 Å². The van der Waals surface area contributed by atoms with Crippen LogP contribution in [0.15, 0.2) is 36.4 Å². The number of aryl methyl sites for hydroxylation is 1. The molecular formula is C23H24ClN3O4. The highest BCUT2D eigenvalue weighted by molar-refractivity contribution is 6.31.